The van der Waals surface area contributed by atoms with Gasteiger partial charge in [-0.05, 0) is 26.2 Å². The Kier molecular flexibility index (Phi) is 3.82. The molecular formula is C15H26N4O. The van der Waals surface area contributed by atoms with E-state index in [1.807, 2.05) is 0 Å². The summed E-state index contributed by atoms with van der Waals surface area (Å²) in [6.45, 7) is 9.34. The van der Waals surface area contributed by atoms with Gasteiger partial charge < -0.3 is 14.6 Å². The van der Waals surface area contributed by atoms with Gasteiger partial charge in [0.2, 0.25) is 0 Å². The Hall–Kier alpha value is -0.940. The molecule has 1 aromatic rings. The fourth-order valence-electron chi connectivity index (χ4n) is 3.43. The molecule has 1 aliphatic carbocycles. The van der Waals surface area contributed by atoms with E-state index in [1.165, 1.54) is 12.8 Å². The van der Waals surface area contributed by atoms with Gasteiger partial charge in [0.15, 0.2) is 0 Å². The Balaban J connectivity index is 1.57. The average molecular weight is 278 g/mol. The van der Waals surface area contributed by atoms with E-state index in [0.717, 1.165) is 44.2 Å². The zero-order valence-electron chi connectivity index (χ0n) is 12.9. The average Bonchev–Trinajstić information content (AvgIpc) is 2.85. The van der Waals surface area contributed by atoms with Gasteiger partial charge in [-0.15, -0.1) is 10.2 Å². The van der Waals surface area contributed by atoms with Gasteiger partial charge in [0.1, 0.15) is 11.6 Å². The summed E-state index contributed by atoms with van der Waals surface area (Å²) in [5, 5.41) is 12.3. The van der Waals surface area contributed by atoms with E-state index in [9.17, 15) is 0 Å². The van der Waals surface area contributed by atoms with Gasteiger partial charge in [-0.3, -0.25) is 0 Å². The molecule has 1 saturated carbocycles. The van der Waals surface area contributed by atoms with E-state index >= 15 is 0 Å². The second kappa shape index (κ2) is 5.45. The molecule has 1 aromatic heterocycles. The lowest BCUT2D eigenvalue weighted by Gasteiger charge is -2.51. The smallest absolute Gasteiger partial charge is 0.147 e. The highest BCUT2D eigenvalue weighted by molar-refractivity contribution is 5.05. The van der Waals surface area contributed by atoms with Crippen LogP contribution in [0, 0.1) is 5.41 Å². The van der Waals surface area contributed by atoms with Crippen molar-refractivity contribution in [3.05, 3.63) is 11.6 Å². The zero-order chi connectivity index (χ0) is 14.2. The van der Waals surface area contributed by atoms with Crippen LogP contribution in [0.4, 0.5) is 0 Å². The topological polar surface area (TPSA) is 52.0 Å². The molecule has 2 aliphatic rings. The molecule has 5 heteroatoms. The second-order valence-electron chi connectivity index (χ2n) is 6.58. The molecule has 0 amide bonds. The van der Waals surface area contributed by atoms with Crippen molar-refractivity contribution in [1.82, 2.24) is 20.1 Å². The number of aryl methyl sites for hydroxylation is 1. The Morgan fingerprint density at radius 2 is 2.20 bits per heavy atom. The van der Waals surface area contributed by atoms with Crippen LogP contribution < -0.4 is 5.32 Å². The molecule has 2 heterocycles. The standard InChI is InChI=1S/C15H26N4O/c1-4-20-12-9-11(15(12,2)3)16-10-14-18-17-13-7-5-6-8-19(13)14/h11-12,16H,4-10H2,1-3H3. The van der Waals surface area contributed by atoms with Crippen molar-refractivity contribution in [1.29, 1.82) is 0 Å². The molecule has 112 valence electrons. The number of hydrogen-bond acceptors (Lipinski definition) is 4. The Morgan fingerprint density at radius 3 is 2.95 bits per heavy atom. The molecular weight excluding hydrogens is 252 g/mol. The maximum absolute atomic E-state index is 5.78. The van der Waals surface area contributed by atoms with E-state index in [-0.39, 0.29) is 5.41 Å². The van der Waals surface area contributed by atoms with Crippen LogP contribution in [0.3, 0.4) is 0 Å². The second-order valence-corrected chi connectivity index (χ2v) is 6.58. The van der Waals surface area contributed by atoms with E-state index in [0.29, 0.717) is 12.1 Å². The predicted octanol–water partition coefficient (Wildman–Crippen LogP) is 1.91. The van der Waals surface area contributed by atoms with Gasteiger partial charge in [0.25, 0.3) is 0 Å². The molecule has 2 unspecified atom stereocenters. The highest BCUT2D eigenvalue weighted by Crippen LogP contribution is 2.42. The monoisotopic (exact) mass is 278 g/mol. The minimum atomic E-state index is 0.209. The predicted molar refractivity (Wildman–Crippen MR) is 77.4 cm³/mol. The van der Waals surface area contributed by atoms with Crippen molar-refractivity contribution in [2.75, 3.05) is 6.61 Å². The zero-order valence-corrected chi connectivity index (χ0v) is 12.9. The molecule has 0 radical (unpaired) electrons. The first-order chi connectivity index (χ1) is 9.63. The van der Waals surface area contributed by atoms with E-state index in [4.69, 9.17) is 4.74 Å². The Morgan fingerprint density at radius 1 is 1.35 bits per heavy atom. The Bertz CT molecular complexity index is 468. The Labute approximate surface area is 121 Å². The lowest BCUT2D eigenvalue weighted by molar-refractivity contribution is -0.114. The summed E-state index contributed by atoms with van der Waals surface area (Å²) in [5.74, 6) is 2.25. The summed E-state index contributed by atoms with van der Waals surface area (Å²) in [6.07, 6.45) is 5.06. The van der Waals surface area contributed by atoms with Gasteiger partial charge in [0, 0.05) is 31.0 Å². The molecule has 0 bridgehead atoms. The number of nitrogens with one attached hydrogen (secondary N) is 1. The molecule has 0 spiro atoms. The van der Waals surface area contributed by atoms with Gasteiger partial charge in [-0.25, -0.2) is 0 Å². The van der Waals surface area contributed by atoms with Crippen LogP contribution in [-0.2, 0) is 24.2 Å². The van der Waals surface area contributed by atoms with E-state index < -0.39 is 0 Å². The summed E-state index contributed by atoms with van der Waals surface area (Å²) in [4.78, 5) is 0. The highest BCUT2D eigenvalue weighted by Gasteiger charge is 2.48. The van der Waals surface area contributed by atoms with Crippen molar-refractivity contribution >= 4 is 0 Å². The van der Waals surface area contributed by atoms with Gasteiger partial charge in [-0.2, -0.15) is 0 Å². The van der Waals surface area contributed by atoms with Crippen LogP contribution in [0.15, 0.2) is 0 Å². The third kappa shape index (κ3) is 2.37. The fourth-order valence-corrected chi connectivity index (χ4v) is 3.43. The number of fused-ring (bicyclic) bond motifs is 1. The lowest BCUT2D eigenvalue weighted by atomic mass is 9.64. The van der Waals surface area contributed by atoms with Crippen LogP contribution in [0.5, 0.6) is 0 Å². The number of ether oxygens (including phenoxy) is 1. The fraction of sp³-hybridized carbons (Fsp3) is 0.867. The van der Waals surface area contributed by atoms with E-state index in [1.54, 1.807) is 0 Å². The number of hydrogen-bond donors (Lipinski definition) is 1. The van der Waals surface area contributed by atoms with Crippen molar-refractivity contribution in [2.45, 2.75) is 71.7 Å². The number of nitrogens with zero attached hydrogens (tertiary/aromatic N) is 3. The van der Waals surface area contributed by atoms with Crippen molar-refractivity contribution in [3.63, 3.8) is 0 Å². The summed E-state index contributed by atoms with van der Waals surface area (Å²) in [6, 6.07) is 0.510. The molecule has 2 atom stereocenters. The minimum absolute atomic E-state index is 0.209. The molecule has 0 aromatic carbocycles. The van der Waals surface area contributed by atoms with Crippen LogP contribution in [0.25, 0.3) is 0 Å². The first-order valence-electron chi connectivity index (χ1n) is 7.89. The largest absolute Gasteiger partial charge is 0.378 e. The normalized spacial score (nSPS) is 27.9. The summed E-state index contributed by atoms with van der Waals surface area (Å²) < 4.78 is 8.07. The van der Waals surface area contributed by atoms with Crippen molar-refractivity contribution in [2.24, 2.45) is 5.41 Å². The third-order valence-corrected chi connectivity index (χ3v) is 4.99. The summed E-state index contributed by atoms with van der Waals surface area (Å²) in [7, 11) is 0. The van der Waals surface area contributed by atoms with E-state index in [2.05, 4.69) is 40.9 Å². The highest BCUT2D eigenvalue weighted by atomic mass is 16.5. The van der Waals surface area contributed by atoms with Crippen molar-refractivity contribution < 1.29 is 4.74 Å². The van der Waals surface area contributed by atoms with Crippen LogP contribution in [-0.4, -0.2) is 33.5 Å². The van der Waals surface area contributed by atoms with Gasteiger partial charge in [0.05, 0.1) is 12.6 Å². The molecule has 3 rings (SSSR count). The minimum Gasteiger partial charge on any atom is -0.378 e. The molecule has 20 heavy (non-hydrogen) atoms. The molecule has 1 fully saturated rings. The summed E-state index contributed by atoms with van der Waals surface area (Å²) >= 11 is 0. The number of aromatic nitrogens is 3. The first kappa shape index (κ1) is 14.0. The van der Waals surface area contributed by atoms with Gasteiger partial charge in [-0.1, -0.05) is 13.8 Å². The molecule has 1 N–H and O–H groups in total. The quantitative estimate of drug-likeness (QED) is 0.894. The SMILES string of the molecule is CCOC1CC(NCc2nnc3n2CCCC3)C1(C)C. The maximum atomic E-state index is 5.78. The molecule has 0 saturated heterocycles. The van der Waals surface area contributed by atoms with Gasteiger partial charge >= 0.3 is 0 Å². The summed E-state index contributed by atoms with van der Waals surface area (Å²) in [5.41, 5.74) is 0.209. The third-order valence-electron chi connectivity index (χ3n) is 4.99. The van der Waals surface area contributed by atoms with Crippen LogP contribution in [0.2, 0.25) is 0 Å². The maximum Gasteiger partial charge on any atom is 0.147 e. The number of rotatable bonds is 5. The first-order valence-corrected chi connectivity index (χ1v) is 7.89. The lowest BCUT2D eigenvalue weighted by Crippen LogP contribution is -2.60. The van der Waals surface area contributed by atoms with Crippen LogP contribution >= 0.6 is 0 Å². The molecule has 5 nitrogen and oxygen atoms in total. The van der Waals surface area contributed by atoms with Crippen molar-refractivity contribution in [3.8, 4) is 0 Å². The van der Waals surface area contributed by atoms with Crippen LogP contribution in [0.1, 0.15) is 51.7 Å². The molecule has 1 aliphatic heterocycles.